The van der Waals surface area contributed by atoms with Gasteiger partial charge >= 0.3 is 0 Å². The van der Waals surface area contributed by atoms with Crippen molar-refractivity contribution >= 4 is 0 Å². The van der Waals surface area contributed by atoms with Gasteiger partial charge in [0.2, 0.25) is 0 Å². The highest BCUT2D eigenvalue weighted by atomic mass is 16.5. The standard InChI is InChI=1S/C17H32N2O/c1-4-13-8-6-5-7-10-19(13)12-17(18)14-9-11-20-15(14)16(17,2)3/h13-15H,4-12,18H2,1-3H3. The smallest absolute Gasteiger partial charge is 0.0691 e. The van der Waals surface area contributed by atoms with Gasteiger partial charge < -0.3 is 10.5 Å². The highest BCUT2D eigenvalue weighted by molar-refractivity contribution is 5.21. The van der Waals surface area contributed by atoms with Crippen LogP contribution in [0.4, 0.5) is 0 Å². The molecule has 3 rings (SSSR count). The van der Waals surface area contributed by atoms with Gasteiger partial charge in [-0.1, -0.05) is 33.6 Å². The van der Waals surface area contributed by atoms with Crippen molar-refractivity contribution in [3.63, 3.8) is 0 Å². The molecule has 20 heavy (non-hydrogen) atoms. The zero-order valence-corrected chi connectivity index (χ0v) is 13.5. The van der Waals surface area contributed by atoms with E-state index in [4.69, 9.17) is 10.5 Å². The van der Waals surface area contributed by atoms with E-state index in [0.717, 1.165) is 25.6 Å². The zero-order valence-electron chi connectivity index (χ0n) is 13.5. The Balaban J connectivity index is 1.75. The first kappa shape index (κ1) is 14.8. The highest BCUT2D eigenvalue weighted by Crippen LogP contribution is 2.58. The molecule has 1 aliphatic carbocycles. The Morgan fingerprint density at radius 3 is 2.75 bits per heavy atom. The monoisotopic (exact) mass is 280 g/mol. The summed E-state index contributed by atoms with van der Waals surface area (Å²) in [5.74, 6) is 0.582. The molecule has 3 nitrogen and oxygen atoms in total. The first-order valence-electron chi connectivity index (χ1n) is 8.65. The molecule has 2 saturated heterocycles. The van der Waals surface area contributed by atoms with Crippen molar-refractivity contribution < 1.29 is 4.74 Å². The molecule has 2 heterocycles. The van der Waals surface area contributed by atoms with Crippen LogP contribution in [0.2, 0.25) is 0 Å². The fraction of sp³-hybridized carbons (Fsp3) is 1.00. The lowest BCUT2D eigenvalue weighted by atomic mass is 9.48. The number of hydrogen-bond acceptors (Lipinski definition) is 3. The molecule has 0 bridgehead atoms. The van der Waals surface area contributed by atoms with Gasteiger partial charge in [-0.25, -0.2) is 0 Å². The minimum absolute atomic E-state index is 0.0497. The number of hydrogen-bond donors (Lipinski definition) is 1. The van der Waals surface area contributed by atoms with Gasteiger partial charge in [0.25, 0.3) is 0 Å². The van der Waals surface area contributed by atoms with Gasteiger partial charge in [-0.2, -0.15) is 0 Å². The van der Waals surface area contributed by atoms with Crippen LogP contribution in [-0.4, -0.2) is 42.3 Å². The van der Waals surface area contributed by atoms with Gasteiger partial charge in [-0.15, -0.1) is 0 Å². The molecule has 3 aliphatic rings. The minimum atomic E-state index is -0.0497. The Kier molecular flexibility index (Phi) is 3.89. The molecule has 2 aliphatic heterocycles. The number of fused-ring (bicyclic) bond motifs is 1. The van der Waals surface area contributed by atoms with E-state index < -0.39 is 0 Å². The lowest BCUT2D eigenvalue weighted by Gasteiger charge is -2.63. The van der Waals surface area contributed by atoms with Gasteiger partial charge in [-0.05, 0) is 32.2 Å². The van der Waals surface area contributed by atoms with Crippen LogP contribution in [0.25, 0.3) is 0 Å². The van der Waals surface area contributed by atoms with E-state index in [9.17, 15) is 0 Å². The predicted octanol–water partition coefficient (Wildman–Crippen LogP) is 2.78. The summed E-state index contributed by atoms with van der Waals surface area (Å²) in [6.45, 7) is 10.2. The van der Waals surface area contributed by atoms with E-state index in [1.54, 1.807) is 0 Å². The van der Waals surface area contributed by atoms with Crippen LogP contribution in [0.1, 0.15) is 59.3 Å². The van der Waals surface area contributed by atoms with Crippen LogP contribution in [-0.2, 0) is 4.74 Å². The molecule has 4 unspecified atom stereocenters. The van der Waals surface area contributed by atoms with Crippen LogP contribution in [0, 0.1) is 11.3 Å². The van der Waals surface area contributed by atoms with Gasteiger partial charge in [0.1, 0.15) is 0 Å². The van der Waals surface area contributed by atoms with Gasteiger partial charge in [0.05, 0.1) is 6.10 Å². The third-order valence-electron chi connectivity index (χ3n) is 6.60. The maximum atomic E-state index is 6.94. The Morgan fingerprint density at radius 1 is 1.20 bits per heavy atom. The molecule has 0 aromatic rings. The van der Waals surface area contributed by atoms with Crippen LogP contribution >= 0.6 is 0 Å². The quantitative estimate of drug-likeness (QED) is 0.864. The van der Waals surface area contributed by atoms with E-state index in [-0.39, 0.29) is 11.0 Å². The van der Waals surface area contributed by atoms with Crippen LogP contribution in [0.3, 0.4) is 0 Å². The molecule has 0 aromatic carbocycles. The van der Waals surface area contributed by atoms with E-state index in [2.05, 4.69) is 25.7 Å². The molecule has 0 aromatic heterocycles. The Labute approximate surface area is 124 Å². The Hall–Kier alpha value is -0.120. The summed E-state index contributed by atoms with van der Waals surface area (Å²) in [6, 6.07) is 0.745. The highest BCUT2D eigenvalue weighted by Gasteiger charge is 2.67. The first-order valence-corrected chi connectivity index (χ1v) is 8.65. The molecule has 0 spiro atoms. The topological polar surface area (TPSA) is 38.5 Å². The van der Waals surface area contributed by atoms with Crippen LogP contribution < -0.4 is 5.73 Å². The second-order valence-electron chi connectivity index (χ2n) is 7.83. The third kappa shape index (κ3) is 2.05. The van der Waals surface area contributed by atoms with Gasteiger partial charge in [0, 0.05) is 36.1 Å². The first-order chi connectivity index (χ1) is 9.50. The van der Waals surface area contributed by atoms with Crippen molar-refractivity contribution in [2.24, 2.45) is 17.1 Å². The summed E-state index contributed by atoms with van der Waals surface area (Å²) < 4.78 is 5.93. The Bertz CT molecular complexity index is 357. The molecule has 3 heteroatoms. The van der Waals surface area contributed by atoms with Crippen molar-refractivity contribution in [1.29, 1.82) is 0 Å². The zero-order chi connectivity index (χ0) is 14.4. The fourth-order valence-corrected chi connectivity index (χ4v) is 5.04. The predicted molar refractivity (Wildman–Crippen MR) is 82.7 cm³/mol. The van der Waals surface area contributed by atoms with E-state index in [1.807, 2.05) is 0 Å². The third-order valence-corrected chi connectivity index (χ3v) is 6.60. The van der Waals surface area contributed by atoms with Crippen LogP contribution in [0.5, 0.6) is 0 Å². The average Bonchev–Trinajstić information content (AvgIpc) is 2.80. The largest absolute Gasteiger partial charge is 0.377 e. The van der Waals surface area contributed by atoms with Gasteiger partial charge in [-0.3, -0.25) is 4.90 Å². The molecule has 4 atom stereocenters. The Morgan fingerprint density at radius 2 is 2.00 bits per heavy atom. The van der Waals surface area contributed by atoms with E-state index in [1.165, 1.54) is 38.6 Å². The van der Waals surface area contributed by atoms with Crippen molar-refractivity contribution in [2.45, 2.75) is 77.0 Å². The molecular weight excluding hydrogens is 248 g/mol. The molecule has 116 valence electrons. The number of likely N-dealkylation sites (tertiary alicyclic amines) is 1. The second-order valence-corrected chi connectivity index (χ2v) is 7.83. The SMILES string of the molecule is CCC1CCCCCN1CC1(N)C2CCOC2C1(C)C. The second kappa shape index (κ2) is 5.26. The van der Waals surface area contributed by atoms with Crippen LogP contribution in [0.15, 0.2) is 0 Å². The van der Waals surface area contributed by atoms with Gasteiger partial charge in [0.15, 0.2) is 0 Å². The summed E-state index contributed by atoms with van der Waals surface area (Å²) in [6.07, 6.45) is 8.32. The normalized spacial score (nSPS) is 44.7. The summed E-state index contributed by atoms with van der Waals surface area (Å²) in [5, 5.41) is 0. The molecule has 0 amide bonds. The molecule has 2 N–H and O–H groups in total. The number of nitrogens with two attached hydrogens (primary N) is 1. The van der Waals surface area contributed by atoms with E-state index >= 15 is 0 Å². The molecular formula is C17H32N2O. The number of rotatable bonds is 3. The molecule has 3 fully saturated rings. The summed E-state index contributed by atoms with van der Waals surface area (Å²) in [4.78, 5) is 2.71. The molecule has 0 radical (unpaired) electrons. The average molecular weight is 280 g/mol. The fourth-order valence-electron chi connectivity index (χ4n) is 5.04. The lowest BCUT2D eigenvalue weighted by Crippen LogP contribution is -2.78. The van der Waals surface area contributed by atoms with E-state index in [0.29, 0.717) is 12.0 Å². The maximum absolute atomic E-state index is 6.94. The summed E-state index contributed by atoms with van der Waals surface area (Å²) >= 11 is 0. The van der Waals surface area contributed by atoms with Crippen molar-refractivity contribution in [3.8, 4) is 0 Å². The lowest BCUT2D eigenvalue weighted by molar-refractivity contribution is -0.165. The van der Waals surface area contributed by atoms with Crippen molar-refractivity contribution in [3.05, 3.63) is 0 Å². The maximum Gasteiger partial charge on any atom is 0.0691 e. The number of ether oxygens (including phenoxy) is 1. The minimum Gasteiger partial charge on any atom is -0.377 e. The number of nitrogens with zero attached hydrogens (tertiary/aromatic N) is 1. The summed E-state index contributed by atoms with van der Waals surface area (Å²) in [5.41, 5.74) is 7.02. The van der Waals surface area contributed by atoms with Crippen molar-refractivity contribution in [1.82, 2.24) is 4.90 Å². The molecule has 1 saturated carbocycles. The summed E-state index contributed by atoms with van der Waals surface area (Å²) in [7, 11) is 0. The van der Waals surface area contributed by atoms with Crippen molar-refractivity contribution in [2.75, 3.05) is 19.7 Å².